The van der Waals surface area contributed by atoms with Crippen LogP contribution in [0, 0.1) is 0 Å². The van der Waals surface area contributed by atoms with E-state index in [2.05, 4.69) is 56.1 Å². The number of hydrogen-bond donors (Lipinski definition) is 0. The van der Waals surface area contributed by atoms with Crippen molar-refractivity contribution in [2.75, 3.05) is 49.3 Å². The van der Waals surface area contributed by atoms with Gasteiger partial charge in [0.25, 0.3) is 0 Å². The van der Waals surface area contributed by atoms with Crippen LogP contribution in [0.5, 0.6) is 0 Å². The summed E-state index contributed by atoms with van der Waals surface area (Å²) in [6.07, 6.45) is 0.374. The van der Waals surface area contributed by atoms with Crippen LogP contribution in [0.1, 0.15) is 23.7 Å². The third kappa shape index (κ3) is 14.8. The van der Waals surface area contributed by atoms with Gasteiger partial charge in [-0.2, -0.15) is 0 Å². The van der Waals surface area contributed by atoms with Crippen LogP contribution in [0.15, 0.2) is 48.5 Å². The number of alkyl halides is 2. The molecule has 0 saturated carbocycles. The zero-order chi connectivity index (χ0) is 27.6. The van der Waals surface area contributed by atoms with Gasteiger partial charge in [-0.3, -0.25) is 9.13 Å². The van der Waals surface area contributed by atoms with Crippen LogP contribution >= 0.6 is 55.4 Å². The van der Waals surface area contributed by atoms with Crippen LogP contribution in [-0.2, 0) is 59.3 Å². The predicted octanol–water partition coefficient (Wildman–Crippen LogP) is 8.60. The van der Waals surface area contributed by atoms with E-state index in [0.717, 1.165) is 21.8 Å². The van der Waals surface area contributed by atoms with Gasteiger partial charge in [-0.05, 0) is 22.3 Å². The van der Waals surface area contributed by atoms with Crippen LogP contribution in [0.2, 0.25) is 0 Å². The van der Waals surface area contributed by atoms with E-state index in [1.165, 1.54) is 39.6 Å². The summed E-state index contributed by atoms with van der Waals surface area (Å²) in [5, 5.41) is 1.88. The lowest BCUT2D eigenvalue weighted by Crippen LogP contribution is -1.96. The van der Waals surface area contributed by atoms with E-state index in [9.17, 15) is 9.13 Å². The molecular formula is C23H39Br2O8P3. The van der Waals surface area contributed by atoms with E-state index in [-0.39, 0.29) is 13.8 Å². The summed E-state index contributed by atoms with van der Waals surface area (Å²) in [5.41, 5.74) is 4.27. The lowest BCUT2D eigenvalue weighted by molar-refractivity contribution is 0.273. The summed E-state index contributed by atoms with van der Waals surface area (Å²) < 4.78 is 53.0. The molecule has 0 radical (unpaired) electrons. The van der Waals surface area contributed by atoms with E-state index in [1.807, 2.05) is 6.66 Å². The van der Waals surface area contributed by atoms with Gasteiger partial charge in [0, 0.05) is 61.4 Å². The number of rotatable bonds is 12. The van der Waals surface area contributed by atoms with Crippen LogP contribution in [-0.4, -0.2) is 49.3 Å². The summed E-state index contributed by atoms with van der Waals surface area (Å²) in [6.45, 7) is 1.90. The average molecular weight is 697 g/mol. The highest BCUT2D eigenvalue weighted by molar-refractivity contribution is 9.08. The van der Waals surface area contributed by atoms with E-state index in [0.29, 0.717) is 0 Å². The second kappa shape index (κ2) is 20.0. The fourth-order valence-corrected chi connectivity index (χ4v) is 5.42. The molecule has 0 atom stereocenters. The molecule has 2 aromatic carbocycles. The first-order valence-corrected chi connectivity index (χ1v) is 17.9. The maximum atomic E-state index is 12.0. The van der Waals surface area contributed by atoms with Crippen LogP contribution in [0.3, 0.4) is 0 Å². The Bertz CT molecular complexity index is 847. The minimum absolute atomic E-state index is 0. The molecule has 0 aliphatic carbocycles. The second-order valence-corrected chi connectivity index (χ2v) is 14.2. The quantitative estimate of drug-likeness (QED) is 0.161. The lowest BCUT2D eigenvalue weighted by Gasteiger charge is -2.15. The van der Waals surface area contributed by atoms with Crippen molar-refractivity contribution in [3.63, 3.8) is 0 Å². The summed E-state index contributed by atoms with van der Waals surface area (Å²) in [4.78, 5) is 0. The van der Waals surface area contributed by atoms with E-state index in [1.54, 1.807) is 38.5 Å². The lowest BCUT2D eigenvalue weighted by atomic mass is 10.2. The minimum atomic E-state index is -3.07. The van der Waals surface area contributed by atoms with Gasteiger partial charge in [0.1, 0.15) is 0 Å². The van der Waals surface area contributed by atoms with E-state index >= 15 is 0 Å². The zero-order valence-electron chi connectivity index (χ0n) is 21.8. The van der Waals surface area contributed by atoms with Crippen molar-refractivity contribution < 1.29 is 37.7 Å². The molecule has 8 nitrogen and oxygen atoms in total. The third-order valence-corrected chi connectivity index (χ3v) is 10.8. The second-order valence-electron chi connectivity index (χ2n) is 6.97. The van der Waals surface area contributed by atoms with Crippen LogP contribution < -0.4 is 0 Å². The number of hydrogen-bond acceptors (Lipinski definition) is 8. The van der Waals surface area contributed by atoms with Crippen molar-refractivity contribution in [3.05, 3.63) is 70.8 Å². The maximum absolute atomic E-state index is 12.0. The molecule has 2 aromatic rings. The van der Waals surface area contributed by atoms with E-state index in [4.69, 9.17) is 27.1 Å². The average Bonchev–Trinajstić information content (AvgIpc) is 2.94. The van der Waals surface area contributed by atoms with Crippen molar-refractivity contribution in [2.45, 2.75) is 23.0 Å². The summed E-state index contributed by atoms with van der Waals surface area (Å²) in [5.74, 6) is 0. The Morgan fingerprint density at radius 1 is 0.611 bits per heavy atom. The Hall–Kier alpha value is 0.0500. The molecule has 0 spiro atoms. The third-order valence-electron chi connectivity index (χ3n) is 4.73. The highest BCUT2D eigenvalue weighted by Gasteiger charge is 2.23. The molecule has 208 valence electrons. The minimum Gasteiger partial charge on any atom is -0.338 e. The SMILES string of the molecule is BrCc1ccc(CBr)cc1.COP(=O)(Cc1ccc(CP(=O)(OC)OC)cc1)OC.COP(C)OC.[2HH]. The first-order valence-electron chi connectivity index (χ1n) is 10.6. The van der Waals surface area contributed by atoms with Gasteiger partial charge in [0.15, 0.2) is 8.38 Å². The Labute approximate surface area is 235 Å². The van der Waals surface area contributed by atoms with Crippen molar-refractivity contribution in [3.8, 4) is 0 Å². The first-order chi connectivity index (χ1) is 17.1. The molecule has 2 rings (SSSR count). The van der Waals surface area contributed by atoms with Gasteiger partial charge < -0.3 is 27.1 Å². The molecular weight excluding hydrogens is 657 g/mol. The van der Waals surface area contributed by atoms with Gasteiger partial charge in [-0.15, -0.1) is 0 Å². The smallest absolute Gasteiger partial charge is 0.334 e. The molecule has 0 unspecified atom stereocenters. The number of halogens is 2. The molecule has 0 aliphatic heterocycles. The van der Waals surface area contributed by atoms with Gasteiger partial charge >= 0.3 is 15.2 Å². The van der Waals surface area contributed by atoms with Crippen LogP contribution in [0.25, 0.3) is 0 Å². The molecule has 0 aliphatic rings. The molecule has 0 N–H and O–H groups in total. The molecule has 0 amide bonds. The molecule has 0 heterocycles. The maximum Gasteiger partial charge on any atom is 0.334 e. The zero-order valence-corrected chi connectivity index (χ0v) is 27.7. The fourth-order valence-electron chi connectivity index (χ4n) is 2.40. The van der Waals surface area contributed by atoms with E-state index < -0.39 is 23.6 Å². The highest BCUT2D eigenvalue weighted by Crippen LogP contribution is 2.51. The Balaban J connectivity index is 0. The molecule has 0 aromatic heterocycles. The Morgan fingerprint density at radius 3 is 1.03 bits per heavy atom. The van der Waals surface area contributed by atoms with Gasteiger partial charge in [0.05, 0.1) is 12.3 Å². The monoisotopic (exact) mass is 695 g/mol. The molecule has 13 heteroatoms. The highest BCUT2D eigenvalue weighted by atomic mass is 79.9. The topological polar surface area (TPSA) is 89.5 Å². The molecule has 36 heavy (non-hydrogen) atoms. The fraction of sp³-hybridized carbons (Fsp3) is 0.478. The summed E-state index contributed by atoms with van der Waals surface area (Å²) in [6, 6.07) is 15.7. The molecule has 0 fully saturated rings. The summed E-state index contributed by atoms with van der Waals surface area (Å²) in [7, 11) is 1.96. The largest absolute Gasteiger partial charge is 0.338 e. The normalized spacial score (nSPS) is 11.4. The Kier molecular flexibility index (Phi) is 20.1. The van der Waals surface area contributed by atoms with Gasteiger partial charge in [-0.1, -0.05) is 80.4 Å². The predicted molar refractivity (Wildman–Crippen MR) is 158 cm³/mol. The molecule has 0 saturated heterocycles. The van der Waals surface area contributed by atoms with Crippen molar-refractivity contribution in [2.24, 2.45) is 0 Å². The Morgan fingerprint density at radius 2 is 0.861 bits per heavy atom. The first kappa shape index (κ1) is 36.0. The standard InChI is InChI=1S/C12H20O6P2.C8H8Br2.C3H9O2P.H2/c1-15-19(13,16-2)9-11-5-7-12(8-6-11)10-20(14,17-3)18-4;9-5-7-1-2-8(6-10)4-3-7;1-4-6(3)5-2;/h5-8H,9-10H2,1-4H3;1-4H,5-6H2;1-3H3;1H/i;;;1+1. The van der Waals surface area contributed by atoms with Crippen LogP contribution in [0.4, 0.5) is 0 Å². The van der Waals surface area contributed by atoms with Gasteiger partial charge in [-0.25, -0.2) is 0 Å². The van der Waals surface area contributed by atoms with Crippen molar-refractivity contribution >= 4 is 55.4 Å². The van der Waals surface area contributed by atoms with Gasteiger partial charge in [0.2, 0.25) is 0 Å². The number of benzene rings is 2. The van der Waals surface area contributed by atoms with Crippen molar-refractivity contribution in [1.29, 1.82) is 0 Å². The summed E-state index contributed by atoms with van der Waals surface area (Å²) >= 11 is 6.78. The van der Waals surface area contributed by atoms with Crippen molar-refractivity contribution in [1.82, 2.24) is 0 Å². The molecule has 0 bridgehead atoms.